The van der Waals surface area contributed by atoms with Gasteiger partial charge < -0.3 is 0 Å². The van der Waals surface area contributed by atoms with Gasteiger partial charge in [-0.15, -0.1) is 0 Å². The van der Waals surface area contributed by atoms with Crippen molar-refractivity contribution in [3.8, 4) is 0 Å². The van der Waals surface area contributed by atoms with Gasteiger partial charge in [-0.05, 0) is 72.1 Å². The largest absolute Gasteiger partial charge is 0.264 e. The SMILES string of the molecule is Cc1cc(C)nc(NS(=O)(=O)c2ccc(C)cc2Br)c1. The van der Waals surface area contributed by atoms with E-state index in [4.69, 9.17) is 0 Å². The number of aryl methyl sites for hydroxylation is 3. The number of nitrogens with one attached hydrogen (secondary N) is 1. The summed E-state index contributed by atoms with van der Waals surface area (Å²) in [5, 5.41) is 0. The lowest BCUT2D eigenvalue weighted by Gasteiger charge is -2.10. The van der Waals surface area contributed by atoms with Crippen LogP contribution in [-0.4, -0.2) is 13.4 Å². The van der Waals surface area contributed by atoms with Crippen LogP contribution in [0, 0.1) is 20.8 Å². The van der Waals surface area contributed by atoms with E-state index in [2.05, 4.69) is 25.6 Å². The molecule has 0 unspecified atom stereocenters. The van der Waals surface area contributed by atoms with Gasteiger partial charge in [-0.2, -0.15) is 0 Å². The topological polar surface area (TPSA) is 59.1 Å². The number of halogens is 1. The number of hydrogen-bond donors (Lipinski definition) is 1. The number of pyridine rings is 1. The summed E-state index contributed by atoms with van der Waals surface area (Å²) in [6, 6.07) is 8.69. The molecule has 1 heterocycles. The molecule has 1 N–H and O–H groups in total. The van der Waals surface area contributed by atoms with Crippen molar-refractivity contribution in [1.29, 1.82) is 0 Å². The number of benzene rings is 1. The Bertz CT molecular complexity index is 738. The Morgan fingerprint density at radius 3 is 2.35 bits per heavy atom. The van der Waals surface area contributed by atoms with Crippen LogP contribution in [0.4, 0.5) is 5.82 Å². The van der Waals surface area contributed by atoms with Crippen LogP contribution in [0.3, 0.4) is 0 Å². The molecule has 0 bridgehead atoms. The van der Waals surface area contributed by atoms with Crippen LogP contribution in [0.1, 0.15) is 16.8 Å². The van der Waals surface area contributed by atoms with E-state index in [1.54, 1.807) is 24.3 Å². The van der Waals surface area contributed by atoms with Crippen molar-refractivity contribution in [3.05, 3.63) is 51.6 Å². The molecule has 0 aliphatic carbocycles. The summed E-state index contributed by atoms with van der Waals surface area (Å²) in [5.74, 6) is 0.329. The second-order valence-corrected chi connectivity index (χ2v) is 7.22. The lowest BCUT2D eigenvalue weighted by atomic mass is 10.2. The van der Waals surface area contributed by atoms with Gasteiger partial charge in [0.05, 0.1) is 0 Å². The van der Waals surface area contributed by atoms with Gasteiger partial charge >= 0.3 is 0 Å². The van der Waals surface area contributed by atoms with E-state index in [1.807, 2.05) is 26.8 Å². The van der Waals surface area contributed by atoms with Crippen molar-refractivity contribution < 1.29 is 8.42 Å². The molecule has 0 amide bonds. The third-order valence-corrected chi connectivity index (χ3v) is 5.05. The molecule has 4 nitrogen and oxygen atoms in total. The van der Waals surface area contributed by atoms with Crippen LogP contribution in [0.25, 0.3) is 0 Å². The molecule has 0 spiro atoms. The molecule has 0 atom stereocenters. The molecule has 106 valence electrons. The molecule has 1 aromatic heterocycles. The van der Waals surface area contributed by atoms with Gasteiger partial charge in [0, 0.05) is 10.2 Å². The van der Waals surface area contributed by atoms with E-state index in [0.717, 1.165) is 16.8 Å². The molecule has 6 heteroatoms. The molecule has 0 saturated carbocycles. The fraction of sp³-hybridized carbons (Fsp3) is 0.214. The number of anilines is 1. The summed E-state index contributed by atoms with van der Waals surface area (Å²) < 4.78 is 27.8. The zero-order valence-corrected chi connectivity index (χ0v) is 13.8. The molecule has 0 aliphatic rings. The van der Waals surface area contributed by atoms with Gasteiger partial charge in [-0.3, -0.25) is 4.72 Å². The maximum Gasteiger partial charge on any atom is 0.264 e. The van der Waals surface area contributed by atoms with Crippen LogP contribution < -0.4 is 4.72 Å². The summed E-state index contributed by atoms with van der Waals surface area (Å²) in [6.45, 7) is 5.63. The van der Waals surface area contributed by atoms with Crippen molar-refractivity contribution in [2.45, 2.75) is 25.7 Å². The molecule has 20 heavy (non-hydrogen) atoms. The Morgan fingerprint density at radius 2 is 1.75 bits per heavy atom. The van der Waals surface area contributed by atoms with Crippen LogP contribution in [0.15, 0.2) is 39.7 Å². The van der Waals surface area contributed by atoms with Crippen molar-refractivity contribution in [3.63, 3.8) is 0 Å². The minimum Gasteiger partial charge on any atom is -0.263 e. The zero-order chi connectivity index (χ0) is 14.9. The maximum atomic E-state index is 12.4. The third kappa shape index (κ3) is 3.37. The summed E-state index contributed by atoms with van der Waals surface area (Å²) in [7, 11) is -3.65. The van der Waals surface area contributed by atoms with Crippen LogP contribution >= 0.6 is 15.9 Å². The van der Waals surface area contributed by atoms with E-state index >= 15 is 0 Å². The van der Waals surface area contributed by atoms with E-state index in [9.17, 15) is 8.42 Å². The van der Waals surface area contributed by atoms with Crippen molar-refractivity contribution >= 4 is 31.8 Å². The summed E-state index contributed by atoms with van der Waals surface area (Å²) in [5.41, 5.74) is 2.71. The molecule has 0 fully saturated rings. The first kappa shape index (κ1) is 15.0. The van der Waals surface area contributed by atoms with E-state index in [0.29, 0.717) is 10.3 Å². The molecule has 0 aliphatic heterocycles. The van der Waals surface area contributed by atoms with Gasteiger partial charge in [-0.1, -0.05) is 6.07 Å². The first-order chi connectivity index (χ1) is 9.28. The average molecular weight is 355 g/mol. The number of nitrogens with zero attached hydrogens (tertiary/aromatic N) is 1. The lowest BCUT2D eigenvalue weighted by molar-refractivity contribution is 0.600. The summed E-state index contributed by atoms with van der Waals surface area (Å²) in [6.07, 6.45) is 0. The predicted octanol–water partition coefficient (Wildman–Crippen LogP) is 3.57. The number of hydrogen-bond acceptors (Lipinski definition) is 3. The molecule has 1 aromatic carbocycles. The smallest absolute Gasteiger partial charge is 0.263 e. The third-order valence-electron chi connectivity index (χ3n) is 2.71. The predicted molar refractivity (Wildman–Crippen MR) is 83.4 cm³/mol. The Labute approximate surface area is 127 Å². The van der Waals surface area contributed by atoms with Crippen LogP contribution in [-0.2, 0) is 10.0 Å². The van der Waals surface area contributed by atoms with Gasteiger partial charge in [0.2, 0.25) is 0 Å². The van der Waals surface area contributed by atoms with Crippen molar-refractivity contribution in [1.82, 2.24) is 4.98 Å². The molecular weight excluding hydrogens is 340 g/mol. The van der Waals surface area contributed by atoms with E-state index in [-0.39, 0.29) is 4.90 Å². The van der Waals surface area contributed by atoms with E-state index < -0.39 is 10.0 Å². The Morgan fingerprint density at radius 1 is 1.05 bits per heavy atom. The fourth-order valence-electron chi connectivity index (χ4n) is 1.91. The maximum absolute atomic E-state index is 12.4. The number of rotatable bonds is 3. The van der Waals surface area contributed by atoms with Gasteiger partial charge in [0.25, 0.3) is 10.0 Å². The molecular formula is C14H15BrN2O2S. The highest BCUT2D eigenvalue weighted by molar-refractivity contribution is 9.10. The van der Waals surface area contributed by atoms with Gasteiger partial charge in [0.1, 0.15) is 10.7 Å². The van der Waals surface area contributed by atoms with Crippen molar-refractivity contribution in [2.24, 2.45) is 0 Å². The zero-order valence-electron chi connectivity index (χ0n) is 11.4. The minimum absolute atomic E-state index is 0.198. The quantitative estimate of drug-likeness (QED) is 0.916. The van der Waals surface area contributed by atoms with E-state index in [1.165, 1.54) is 0 Å². The Hall–Kier alpha value is -1.40. The average Bonchev–Trinajstić information content (AvgIpc) is 2.25. The number of aromatic nitrogens is 1. The van der Waals surface area contributed by atoms with Crippen LogP contribution in [0.2, 0.25) is 0 Å². The first-order valence-electron chi connectivity index (χ1n) is 6.02. The van der Waals surface area contributed by atoms with Crippen molar-refractivity contribution in [2.75, 3.05) is 4.72 Å². The van der Waals surface area contributed by atoms with Gasteiger partial charge in [0.15, 0.2) is 0 Å². The summed E-state index contributed by atoms with van der Waals surface area (Å²) in [4.78, 5) is 4.38. The lowest BCUT2D eigenvalue weighted by Crippen LogP contribution is -2.15. The molecule has 2 rings (SSSR count). The standard InChI is InChI=1S/C14H15BrN2O2S/c1-9-4-5-13(12(15)7-9)20(18,19)17-14-8-10(2)6-11(3)16-14/h4-8H,1-3H3,(H,16,17). The normalized spacial score (nSPS) is 11.4. The highest BCUT2D eigenvalue weighted by Crippen LogP contribution is 2.25. The minimum atomic E-state index is -3.65. The summed E-state index contributed by atoms with van der Waals surface area (Å²) >= 11 is 3.29. The second kappa shape index (κ2) is 5.54. The van der Waals surface area contributed by atoms with Crippen LogP contribution in [0.5, 0.6) is 0 Å². The second-order valence-electron chi connectivity index (χ2n) is 4.71. The van der Waals surface area contributed by atoms with Gasteiger partial charge in [-0.25, -0.2) is 13.4 Å². The molecule has 0 saturated heterocycles. The first-order valence-corrected chi connectivity index (χ1v) is 8.30. The number of sulfonamides is 1. The monoisotopic (exact) mass is 354 g/mol. The fourth-order valence-corrected chi connectivity index (χ4v) is 4.10. The molecule has 0 radical (unpaired) electrons. The highest BCUT2D eigenvalue weighted by Gasteiger charge is 2.18. The Kier molecular flexibility index (Phi) is 4.15. The molecule has 2 aromatic rings. The highest BCUT2D eigenvalue weighted by atomic mass is 79.9. The Balaban J connectivity index is 2.40.